The average Bonchev–Trinajstić information content (AvgIpc) is 2.72. The number of anilines is 1. The lowest BCUT2D eigenvalue weighted by molar-refractivity contribution is -0.147. The van der Waals surface area contributed by atoms with E-state index in [4.69, 9.17) is 4.74 Å². The number of ether oxygens (including phenoxy) is 1. The van der Waals surface area contributed by atoms with E-state index in [0.717, 1.165) is 15.6 Å². The summed E-state index contributed by atoms with van der Waals surface area (Å²) in [5.41, 5.74) is 2.70. The molecule has 3 aromatic rings. The summed E-state index contributed by atoms with van der Waals surface area (Å²) < 4.78 is 6.07. The second kappa shape index (κ2) is 9.85. The van der Waals surface area contributed by atoms with E-state index in [0.29, 0.717) is 5.69 Å². The summed E-state index contributed by atoms with van der Waals surface area (Å²) >= 11 is 3.35. The Morgan fingerprint density at radius 1 is 0.857 bits per heavy atom. The second-order valence-corrected chi connectivity index (χ2v) is 7.21. The number of esters is 1. The van der Waals surface area contributed by atoms with Crippen molar-refractivity contribution in [3.05, 3.63) is 101 Å². The number of benzene rings is 3. The van der Waals surface area contributed by atoms with Crippen molar-refractivity contribution in [1.29, 1.82) is 0 Å². The Bertz CT molecular complexity index is 889. The van der Waals surface area contributed by atoms with E-state index in [1.54, 1.807) is 12.1 Å². The van der Waals surface area contributed by atoms with Crippen LogP contribution in [0.4, 0.5) is 5.69 Å². The topological polar surface area (TPSA) is 55.4 Å². The van der Waals surface area contributed by atoms with E-state index in [9.17, 15) is 9.59 Å². The number of nitrogens with one attached hydrogen (secondary N) is 1. The minimum absolute atomic E-state index is 0.122. The summed E-state index contributed by atoms with van der Waals surface area (Å²) in [6, 6.07) is 26.9. The quantitative estimate of drug-likeness (QED) is 0.519. The van der Waals surface area contributed by atoms with Crippen molar-refractivity contribution in [2.75, 3.05) is 11.9 Å². The SMILES string of the molecule is O=C(COC(=O)CC(c1ccccc1)c1ccccc1)Nc1cccc(Br)c1. The zero-order valence-electron chi connectivity index (χ0n) is 15.2. The Morgan fingerprint density at radius 3 is 2.04 bits per heavy atom. The first-order valence-corrected chi connectivity index (χ1v) is 9.72. The lowest BCUT2D eigenvalue weighted by atomic mass is 9.89. The molecule has 4 nitrogen and oxygen atoms in total. The van der Waals surface area contributed by atoms with E-state index in [-0.39, 0.29) is 24.9 Å². The van der Waals surface area contributed by atoms with Crippen LogP contribution in [0.5, 0.6) is 0 Å². The lowest BCUT2D eigenvalue weighted by Gasteiger charge is -2.17. The maximum atomic E-state index is 12.4. The smallest absolute Gasteiger partial charge is 0.307 e. The largest absolute Gasteiger partial charge is 0.456 e. The van der Waals surface area contributed by atoms with E-state index in [2.05, 4.69) is 21.2 Å². The van der Waals surface area contributed by atoms with Crippen molar-refractivity contribution in [3.8, 4) is 0 Å². The summed E-state index contributed by atoms with van der Waals surface area (Å²) in [6.45, 7) is -0.318. The summed E-state index contributed by atoms with van der Waals surface area (Å²) in [4.78, 5) is 24.5. The third-order valence-electron chi connectivity index (χ3n) is 4.25. The predicted molar refractivity (Wildman–Crippen MR) is 113 cm³/mol. The molecule has 0 bridgehead atoms. The third-order valence-corrected chi connectivity index (χ3v) is 4.74. The maximum absolute atomic E-state index is 12.4. The van der Waals surface area contributed by atoms with Crippen LogP contribution in [-0.4, -0.2) is 18.5 Å². The molecule has 1 N–H and O–H groups in total. The Balaban J connectivity index is 1.60. The van der Waals surface area contributed by atoms with Crippen molar-refractivity contribution in [3.63, 3.8) is 0 Å². The first-order valence-electron chi connectivity index (χ1n) is 8.93. The highest BCUT2D eigenvalue weighted by atomic mass is 79.9. The molecule has 3 rings (SSSR count). The maximum Gasteiger partial charge on any atom is 0.307 e. The number of amides is 1. The van der Waals surface area contributed by atoms with Crippen LogP contribution in [0, 0.1) is 0 Å². The molecule has 0 atom stereocenters. The fourth-order valence-electron chi connectivity index (χ4n) is 2.93. The molecule has 28 heavy (non-hydrogen) atoms. The van der Waals surface area contributed by atoms with Gasteiger partial charge >= 0.3 is 5.97 Å². The molecule has 0 saturated heterocycles. The van der Waals surface area contributed by atoms with E-state index >= 15 is 0 Å². The van der Waals surface area contributed by atoms with Gasteiger partial charge in [0.1, 0.15) is 0 Å². The highest BCUT2D eigenvalue weighted by Gasteiger charge is 2.19. The fraction of sp³-hybridized carbons (Fsp3) is 0.130. The number of carbonyl (C=O) groups excluding carboxylic acids is 2. The van der Waals surface area contributed by atoms with Gasteiger partial charge in [0.05, 0.1) is 6.42 Å². The molecule has 142 valence electrons. The molecule has 3 aromatic carbocycles. The summed E-state index contributed by atoms with van der Waals surface area (Å²) in [7, 11) is 0. The van der Waals surface area contributed by atoms with Gasteiger partial charge < -0.3 is 10.1 Å². The van der Waals surface area contributed by atoms with Gasteiger partial charge in [0.2, 0.25) is 0 Å². The van der Waals surface area contributed by atoms with Crippen molar-refractivity contribution in [2.45, 2.75) is 12.3 Å². The molecule has 0 saturated carbocycles. The first-order chi connectivity index (χ1) is 13.6. The van der Waals surface area contributed by atoms with Crippen molar-refractivity contribution < 1.29 is 14.3 Å². The number of hydrogen-bond acceptors (Lipinski definition) is 3. The molecule has 0 unspecified atom stereocenters. The van der Waals surface area contributed by atoms with Gasteiger partial charge in [0, 0.05) is 16.1 Å². The van der Waals surface area contributed by atoms with Crippen molar-refractivity contribution >= 4 is 33.5 Å². The van der Waals surface area contributed by atoms with Gasteiger partial charge in [-0.2, -0.15) is 0 Å². The molecule has 0 aromatic heterocycles. The van der Waals surface area contributed by atoms with Crippen molar-refractivity contribution in [2.24, 2.45) is 0 Å². The van der Waals surface area contributed by atoms with Crippen LogP contribution in [0.2, 0.25) is 0 Å². The van der Waals surface area contributed by atoms with Gasteiger partial charge in [-0.15, -0.1) is 0 Å². The minimum Gasteiger partial charge on any atom is -0.456 e. The third kappa shape index (κ3) is 5.79. The Labute approximate surface area is 172 Å². The zero-order valence-corrected chi connectivity index (χ0v) is 16.8. The molecular formula is C23H20BrNO3. The standard InChI is InChI=1S/C23H20BrNO3/c24-19-12-7-13-20(14-19)25-22(26)16-28-23(27)15-21(17-8-3-1-4-9-17)18-10-5-2-6-11-18/h1-14,21H,15-16H2,(H,25,26). The fourth-order valence-corrected chi connectivity index (χ4v) is 3.33. The van der Waals surface area contributed by atoms with Gasteiger partial charge in [-0.3, -0.25) is 9.59 Å². The summed E-state index contributed by atoms with van der Waals surface area (Å²) in [6.07, 6.45) is 0.165. The Morgan fingerprint density at radius 2 is 1.46 bits per heavy atom. The van der Waals surface area contributed by atoms with Crippen LogP contribution >= 0.6 is 15.9 Å². The molecule has 1 amide bonds. The van der Waals surface area contributed by atoms with Crippen LogP contribution < -0.4 is 5.32 Å². The van der Waals surface area contributed by atoms with Gasteiger partial charge in [0.25, 0.3) is 5.91 Å². The summed E-state index contributed by atoms with van der Waals surface area (Å²) in [5.74, 6) is -0.910. The molecule has 0 spiro atoms. The molecule has 0 radical (unpaired) electrons. The Hall–Kier alpha value is -2.92. The zero-order chi connectivity index (χ0) is 19.8. The van der Waals surface area contributed by atoms with Gasteiger partial charge in [-0.25, -0.2) is 0 Å². The monoisotopic (exact) mass is 437 g/mol. The second-order valence-electron chi connectivity index (χ2n) is 6.30. The van der Waals surface area contributed by atoms with Crippen LogP contribution in [-0.2, 0) is 14.3 Å². The molecule has 0 aliphatic carbocycles. The number of carbonyl (C=O) groups is 2. The van der Waals surface area contributed by atoms with E-state index in [1.165, 1.54) is 0 Å². The predicted octanol–water partition coefficient (Wildman–Crippen LogP) is 5.15. The van der Waals surface area contributed by atoms with Crippen LogP contribution in [0.3, 0.4) is 0 Å². The first kappa shape index (κ1) is 19.8. The van der Waals surface area contributed by atoms with Gasteiger partial charge in [-0.1, -0.05) is 82.7 Å². The van der Waals surface area contributed by atoms with Crippen LogP contribution in [0.1, 0.15) is 23.5 Å². The Kier molecular flexibility index (Phi) is 6.98. The lowest BCUT2D eigenvalue weighted by Crippen LogP contribution is -2.22. The summed E-state index contributed by atoms with van der Waals surface area (Å²) in [5, 5.41) is 2.71. The highest BCUT2D eigenvalue weighted by molar-refractivity contribution is 9.10. The molecule has 0 aliphatic rings. The molecular weight excluding hydrogens is 418 g/mol. The number of rotatable bonds is 7. The molecule has 0 aliphatic heterocycles. The molecule has 5 heteroatoms. The number of halogens is 1. The van der Waals surface area contributed by atoms with Crippen molar-refractivity contribution in [1.82, 2.24) is 0 Å². The number of hydrogen-bond donors (Lipinski definition) is 1. The molecule has 0 heterocycles. The minimum atomic E-state index is -0.415. The van der Waals surface area contributed by atoms with E-state index in [1.807, 2.05) is 72.8 Å². The normalized spacial score (nSPS) is 10.5. The van der Waals surface area contributed by atoms with Crippen LogP contribution in [0.25, 0.3) is 0 Å². The molecule has 0 fully saturated rings. The van der Waals surface area contributed by atoms with Crippen LogP contribution in [0.15, 0.2) is 89.4 Å². The van der Waals surface area contributed by atoms with Gasteiger partial charge in [0.15, 0.2) is 6.61 Å². The van der Waals surface area contributed by atoms with E-state index < -0.39 is 5.97 Å². The highest BCUT2D eigenvalue weighted by Crippen LogP contribution is 2.28. The van der Waals surface area contributed by atoms with Gasteiger partial charge in [-0.05, 0) is 29.3 Å². The average molecular weight is 438 g/mol.